The number of nitrogens with one attached hydrogen (secondary N) is 1. The first-order valence-corrected chi connectivity index (χ1v) is 8.33. The Bertz CT molecular complexity index is 568. The first-order valence-electron chi connectivity index (χ1n) is 7.95. The van der Waals surface area contributed by atoms with Gasteiger partial charge in [-0.15, -0.1) is 0 Å². The molecule has 0 aromatic heterocycles. The molecule has 1 N–H and O–H groups in total. The molecular formula is C17H22ClNO2. The summed E-state index contributed by atoms with van der Waals surface area (Å²) in [5.41, 5.74) is 3.69. The molecule has 3 nitrogen and oxygen atoms in total. The zero-order valence-corrected chi connectivity index (χ0v) is 13.6. The van der Waals surface area contributed by atoms with Crippen molar-refractivity contribution in [2.24, 2.45) is 0 Å². The molecule has 3 aliphatic rings. The molecule has 1 saturated heterocycles. The van der Waals surface area contributed by atoms with Crippen molar-refractivity contribution in [2.45, 2.75) is 64.2 Å². The number of benzene rings is 1. The van der Waals surface area contributed by atoms with Gasteiger partial charge in [0, 0.05) is 35.1 Å². The molecule has 1 fully saturated rings. The van der Waals surface area contributed by atoms with Gasteiger partial charge in [-0.25, -0.2) is 0 Å². The normalized spacial score (nSPS) is 33.5. The van der Waals surface area contributed by atoms with E-state index >= 15 is 0 Å². The lowest BCUT2D eigenvalue weighted by Crippen LogP contribution is -2.34. The summed E-state index contributed by atoms with van der Waals surface area (Å²) in [6.45, 7) is 7.58. The number of rotatable bonds is 1. The number of halogens is 1. The summed E-state index contributed by atoms with van der Waals surface area (Å²) in [6, 6.07) is 0. The zero-order valence-electron chi connectivity index (χ0n) is 12.9. The van der Waals surface area contributed by atoms with E-state index in [-0.39, 0.29) is 17.7 Å². The fourth-order valence-electron chi connectivity index (χ4n) is 4.15. The highest BCUT2D eigenvalue weighted by Crippen LogP contribution is 2.53. The minimum Gasteiger partial charge on any atom is -0.490 e. The van der Waals surface area contributed by atoms with Crippen LogP contribution in [0.15, 0.2) is 0 Å². The van der Waals surface area contributed by atoms with Crippen LogP contribution in [0.3, 0.4) is 0 Å². The summed E-state index contributed by atoms with van der Waals surface area (Å²) in [6.07, 6.45) is 4.53. The average molecular weight is 308 g/mol. The van der Waals surface area contributed by atoms with Crippen LogP contribution in [0.2, 0.25) is 5.02 Å². The maximum absolute atomic E-state index is 6.63. The highest BCUT2D eigenvalue weighted by atomic mass is 35.5. The molecule has 3 atom stereocenters. The van der Waals surface area contributed by atoms with Crippen LogP contribution in [-0.4, -0.2) is 18.8 Å². The SMILES string of the molecule is CC1Cc2c(c(Cl)c3c(c2C2(C)CCCN2)OC(C)C3)O1. The quantitative estimate of drug-likeness (QED) is 0.860. The van der Waals surface area contributed by atoms with Crippen molar-refractivity contribution in [1.82, 2.24) is 5.32 Å². The second kappa shape index (κ2) is 4.53. The van der Waals surface area contributed by atoms with Gasteiger partial charge in [0.2, 0.25) is 0 Å². The maximum atomic E-state index is 6.63. The summed E-state index contributed by atoms with van der Waals surface area (Å²) < 4.78 is 12.2. The minimum absolute atomic E-state index is 0.0176. The molecular weight excluding hydrogens is 286 g/mol. The number of hydrogen-bond donors (Lipinski definition) is 1. The Labute approximate surface area is 131 Å². The van der Waals surface area contributed by atoms with E-state index in [9.17, 15) is 0 Å². The van der Waals surface area contributed by atoms with E-state index in [2.05, 4.69) is 26.1 Å². The lowest BCUT2D eigenvalue weighted by Gasteiger charge is -2.29. The van der Waals surface area contributed by atoms with Crippen LogP contribution < -0.4 is 14.8 Å². The van der Waals surface area contributed by atoms with Crippen LogP contribution in [-0.2, 0) is 18.4 Å². The van der Waals surface area contributed by atoms with E-state index < -0.39 is 0 Å². The third-order valence-electron chi connectivity index (χ3n) is 5.08. The van der Waals surface area contributed by atoms with Crippen molar-refractivity contribution >= 4 is 11.6 Å². The number of ether oxygens (including phenoxy) is 2. The standard InChI is InChI=1S/C17H22ClNO2/c1-9-7-11-13(17(3)5-4-6-19-17)15-12(8-10(2)20-15)14(18)16(11)21-9/h9-10,19H,4-8H2,1-3H3. The smallest absolute Gasteiger partial charge is 0.142 e. The van der Waals surface area contributed by atoms with Crippen LogP contribution in [0.25, 0.3) is 0 Å². The molecule has 0 radical (unpaired) electrons. The highest BCUT2D eigenvalue weighted by Gasteiger charge is 2.43. The first kappa shape index (κ1) is 13.7. The predicted octanol–water partition coefficient (Wildman–Crippen LogP) is 3.59. The summed E-state index contributed by atoms with van der Waals surface area (Å²) >= 11 is 6.63. The Kier molecular flexibility index (Phi) is 2.96. The van der Waals surface area contributed by atoms with E-state index in [0.29, 0.717) is 0 Å². The lowest BCUT2D eigenvalue weighted by molar-refractivity contribution is 0.246. The maximum Gasteiger partial charge on any atom is 0.142 e. The van der Waals surface area contributed by atoms with Gasteiger partial charge in [-0.3, -0.25) is 0 Å². The molecule has 3 aliphatic heterocycles. The van der Waals surface area contributed by atoms with Gasteiger partial charge in [0.25, 0.3) is 0 Å². The van der Waals surface area contributed by atoms with Crippen LogP contribution in [0.5, 0.6) is 11.5 Å². The summed E-state index contributed by atoms with van der Waals surface area (Å²) in [4.78, 5) is 0. The zero-order chi connectivity index (χ0) is 14.8. The van der Waals surface area contributed by atoms with Crippen molar-refractivity contribution < 1.29 is 9.47 Å². The third kappa shape index (κ3) is 1.90. The van der Waals surface area contributed by atoms with Gasteiger partial charge in [0.15, 0.2) is 0 Å². The van der Waals surface area contributed by atoms with Gasteiger partial charge in [0.1, 0.15) is 23.7 Å². The topological polar surface area (TPSA) is 30.5 Å². The van der Waals surface area contributed by atoms with Crippen LogP contribution in [0.1, 0.15) is 50.3 Å². The predicted molar refractivity (Wildman–Crippen MR) is 83.6 cm³/mol. The van der Waals surface area contributed by atoms with E-state index in [0.717, 1.165) is 47.9 Å². The molecule has 4 heteroatoms. The van der Waals surface area contributed by atoms with Gasteiger partial charge < -0.3 is 14.8 Å². The molecule has 21 heavy (non-hydrogen) atoms. The molecule has 3 unspecified atom stereocenters. The van der Waals surface area contributed by atoms with Crippen molar-refractivity contribution in [3.63, 3.8) is 0 Å². The van der Waals surface area contributed by atoms with E-state index in [4.69, 9.17) is 21.1 Å². The molecule has 4 rings (SSSR count). The van der Waals surface area contributed by atoms with Crippen molar-refractivity contribution in [1.29, 1.82) is 0 Å². The molecule has 1 aromatic carbocycles. The summed E-state index contributed by atoms with van der Waals surface area (Å²) in [5, 5.41) is 4.46. The fourth-order valence-corrected chi connectivity index (χ4v) is 4.47. The Balaban J connectivity index is 1.97. The Morgan fingerprint density at radius 3 is 2.43 bits per heavy atom. The molecule has 3 heterocycles. The molecule has 1 aromatic rings. The van der Waals surface area contributed by atoms with Crippen LogP contribution >= 0.6 is 11.6 Å². The second-order valence-corrected chi connectivity index (χ2v) is 7.31. The molecule has 0 spiro atoms. The largest absolute Gasteiger partial charge is 0.490 e. The van der Waals surface area contributed by atoms with Crippen molar-refractivity contribution in [2.75, 3.05) is 6.54 Å². The van der Waals surface area contributed by atoms with Gasteiger partial charge >= 0.3 is 0 Å². The van der Waals surface area contributed by atoms with Crippen LogP contribution in [0.4, 0.5) is 0 Å². The van der Waals surface area contributed by atoms with Crippen LogP contribution in [0, 0.1) is 0 Å². The third-order valence-corrected chi connectivity index (χ3v) is 5.48. The second-order valence-electron chi connectivity index (χ2n) is 6.93. The molecule has 114 valence electrons. The highest BCUT2D eigenvalue weighted by molar-refractivity contribution is 6.33. The van der Waals surface area contributed by atoms with E-state index in [1.807, 2.05) is 0 Å². The summed E-state index contributed by atoms with van der Waals surface area (Å²) in [5.74, 6) is 1.94. The average Bonchev–Trinajstić information content (AvgIpc) is 3.09. The first-order chi connectivity index (χ1) is 9.99. The van der Waals surface area contributed by atoms with Crippen molar-refractivity contribution in [3.8, 4) is 11.5 Å². The Morgan fingerprint density at radius 2 is 1.76 bits per heavy atom. The number of hydrogen-bond acceptors (Lipinski definition) is 3. The van der Waals surface area contributed by atoms with Gasteiger partial charge in [0.05, 0.1) is 5.02 Å². The van der Waals surface area contributed by atoms with E-state index in [1.165, 1.54) is 17.5 Å². The van der Waals surface area contributed by atoms with Crippen molar-refractivity contribution in [3.05, 3.63) is 21.7 Å². The fraction of sp³-hybridized carbons (Fsp3) is 0.647. The summed E-state index contributed by atoms with van der Waals surface area (Å²) in [7, 11) is 0. The van der Waals surface area contributed by atoms with Gasteiger partial charge in [-0.05, 0) is 40.2 Å². The van der Waals surface area contributed by atoms with E-state index in [1.54, 1.807) is 0 Å². The lowest BCUT2D eigenvalue weighted by atomic mass is 9.83. The molecule has 0 bridgehead atoms. The minimum atomic E-state index is -0.0176. The number of fused-ring (bicyclic) bond motifs is 2. The molecule has 0 aliphatic carbocycles. The van der Waals surface area contributed by atoms with Gasteiger partial charge in [-0.1, -0.05) is 11.6 Å². The Hall–Kier alpha value is -0.930. The molecule has 0 saturated carbocycles. The van der Waals surface area contributed by atoms with Gasteiger partial charge in [-0.2, -0.15) is 0 Å². The monoisotopic (exact) mass is 307 g/mol. The molecule has 0 amide bonds. The Morgan fingerprint density at radius 1 is 1.10 bits per heavy atom.